The highest BCUT2D eigenvalue weighted by Crippen LogP contribution is 2.32. The molecule has 0 radical (unpaired) electrons. The van der Waals surface area contributed by atoms with Crippen LogP contribution in [0.25, 0.3) is 5.65 Å². The molecule has 39 heavy (non-hydrogen) atoms. The van der Waals surface area contributed by atoms with Gasteiger partial charge in [0.05, 0.1) is 5.69 Å². The molecule has 1 saturated heterocycles. The number of fused-ring (bicyclic) bond motifs is 1. The predicted molar refractivity (Wildman–Crippen MR) is 147 cm³/mol. The molecule has 3 heterocycles. The van der Waals surface area contributed by atoms with Gasteiger partial charge in [0, 0.05) is 47.9 Å². The van der Waals surface area contributed by atoms with Crippen molar-refractivity contribution in [3.8, 4) is 0 Å². The average Bonchev–Trinajstić information content (AvgIpc) is 3.22. The average molecular weight is 535 g/mol. The summed E-state index contributed by atoms with van der Waals surface area (Å²) >= 11 is 0. The second-order valence-electron chi connectivity index (χ2n) is 11.1. The zero-order valence-electron chi connectivity index (χ0n) is 23.6. The number of amides is 3. The van der Waals surface area contributed by atoms with Crippen molar-refractivity contribution in [2.75, 3.05) is 13.1 Å². The normalized spacial score (nSPS) is 15.2. The summed E-state index contributed by atoms with van der Waals surface area (Å²) in [5.74, 6) is -0.858. The minimum absolute atomic E-state index is 0.0835. The molecule has 3 amide bonds. The van der Waals surface area contributed by atoms with E-state index in [-0.39, 0.29) is 23.8 Å². The fraction of sp³-hybridized carbons (Fsp3) is 0.483. The molecule has 0 spiro atoms. The molecule has 1 atom stereocenters. The molecule has 4 rings (SSSR count). The Bertz CT molecular complexity index is 1350. The number of carbonyl (C=O) groups excluding carboxylic acids is 3. The van der Waals surface area contributed by atoms with Gasteiger partial charge in [-0.1, -0.05) is 19.1 Å². The van der Waals surface area contributed by atoms with Crippen molar-refractivity contribution >= 4 is 23.6 Å². The molecule has 0 aliphatic carbocycles. The fourth-order valence-corrected chi connectivity index (χ4v) is 4.97. The van der Waals surface area contributed by atoms with Gasteiger partial charge in [0.1, 0.15) is 5.60 Å². The van der Waals surface area contributed by atoms with Crippen molar-refractivity contribution in [1.29, 1.82) is 0 Å². The van der Waals surface area contributed by atoms with Gasteiger partial charge >= 0.3 is 6.09 Å². The van der Waals surface area contributed by atoms with Crippen molar-refractivity contribution in [3.63, 3.8) is 0 Å². The lowest BCUT2D eigenvalue weighted by molar-refractivity contribution is -0.127. The number of hydrazine groups is 1. The standard InChI is InChI=1S/C29H38N6O4/c1-7-23(24-19(3)33-35-17-12-18(2)30-25(24)35)20-8-10-21(11-9-20)26(36)31-32-27(37)22-13-15-34(16-14-22)28(38)39-29(4,5)6/h8-12,17,22-23H,7,13-16H2,1-6H3,(H,31,36)(H,32,37). The lowest BCUT2D eigenvalue weighted by Gasteiger charge is -2.32. The largest absolute Gasteiger partial charge is 0.444 e. The van der Waals surface area contributed by atoms with Crippen molar-refractivity contribution < 1.29 is 19.1 Å². The Morgan fingerprint density at radius 3 is 2.33 bits per heavy atom. The van der Waals surface area contributed by atoms with Gasteiger partial charge < -0.3 is 9.64 Å². The Morgan fingerprint density at radius 1 is 1.05 bits per heavy atom. The molecule has 1 aliphatic rings. The molecular formula is C29H38N6O4. The molecular weight excluding hydrogens is 496 g/mol. The third kappa shape index (κ3) is 6.55. The van der Waals surface area contributed by atoms with Gasteiger partial charge in [-0.25, -0.2) is 14.3 Å². The molecule has 10 heteroatoms. The summed E-state index contributed by atoms with van der Waals surface area (Å²) in [6, 6.07) is 9.34. The van der Waals surface area contributed by atoms with E-state index >= 15 is 0 Å². The van der Waals surface area contributed by atoms with Gasteiger partial charge in [-0.15, -0.1) is 0 Å². The van der Waals surface area contributed by atoms with E-state index < -0.39 is 11.5 Å². The van der Waals surface area contributed by atoms with Crippen LogP contribution in [0.15, 0.2) is 36.5 Å². The molecule has 1 fully saturated rings. The fourth-order valence-electron chi connectivity index (χ4n) is 4.97. The van der Waals surface area contributed by atoms with Gasteiger partial charge in [-0.05, 0) is 77.6 Å². The molecule has 208 valence electrons. The van der Waals surface area contributed by atoms with Gasteiger partial charge in [-0.3, -0.25) is 20.4 Å². The van der Waals surface area contributed by atoms with Crippen LogP contribution in [-0.4, -0.2) is 56.1 Å². The number of aromatic nitrogens is 3. The lowest BCUT2D eigenvalue weighted by atomic mass is 9.88. The van der Waals surface area contributed by atoms with E-state index in [1.165, 1.54) is 0 Å². The summed E-state index contributed by atoms with van der Waals surface area (Å²) in [6.07, 6.45) is 3.42. The number of piperidine rings is 1. The molecule has 2 N–H and O–H groups in total. The van der Waals surface area contributed by atoms with Crippen LogP contribution in [0, 0.1) is 19.8 Å². The van der Waals surface area contributed by atoms with E-state index in [0.717, 1.165) is 34.6 Å². The summed E-state index contributed by atoms with van der Waals surface area (Å²) in [4.78, 5) is 43.9. The lowest BCUT2D eigenvalue weighted by Crippen LogP contribution is -2.48. The number of aryl methyl sites for hydroxylation is 2. The number of benzene rings is 1. The Balaban J connectivity index is 1.34. The van der Waals surface area contributed by atoms with Gasteiger partial charge in [-0.2, -0.15) is 5.10 Å². The van der Waals surface area contributed by atoms with E-state index in [4.69, 9.17) is 9.72 Å². The smallest absolute Gasteiger partial charge is 0.410 e. The molecule has 2 aromatic heterocycles. The van der Waals surface area contributed by atoms with Crippen LogP contribution in [-0.2, 0) is 9.53 Å². The maximum absolute atomic E-state index is 12.7. The number of hydrogen-bond acceptors (Lipinski definition) is 6. The first-order chi connectivity index (χ1) is 18.5. The summed E-state index contributed by atoms with van der Waals surface area (Å²) in [5, 5.41) is 4.62. The van der Waals surface area contributed by atoms with Crippen LogP contribution in [0.2, 0.25) is 0 Å². The van der Waals surface area contributed by atoms with Crippen LogP contribution in [0.4, 0.5) is 4.79 Å². The highest BCUT2D eigenvalue weighted by molar-refractivity contribution is 5.95. The first-order valence-corrected chi connectivity index (χ1v) is 13.5. The van der Waals surface area contributed by atoms with E-state index in [1.807, 2.05) is 63.5 Å². The summed E-state index contributed by atoms with van der Waals surface area (Å²) < 4.78 is 7.22. The monoisotopic (exact) mass is 534 g/mol. The number of rotatable bonds is 5. The van der Waals surface area contributed by atoms with Crippen LogP contribution in [0.1, 0.15) is 85.7 Å². The Labute approximate surface area is 229 Å². The van der Waals surface area contributed by atoms with E-state index in [1.54, 1.807) is 17.0 Å². The first-order valence-electron chi connectivity index (χ1n) is 13.5. The minimum atomic E-state index is -0.561. The Kier molecular flexibility index (Phi) is 8.22. The zero-order valence-corrected chi connectivity index (χ0v) is 23.6. The maximum Gasteiger partial charge on any atom is 0.410 e. The van der Waals surface area contributed by atoms with Crippen molar-refractivity contribution in [2.45, 2.75) is 72.3 Å². The number of likely N-dealkylation sites (tertiary alicyclic amines) is 1. The molecule has 1 aromatic carbocycles. The first kappa shape index (κ1) is 28.1. The third-order valence-corrected chi connectivity index (χ3v) is 6.99. The molecule has 1 aliphatic heterocycles. The zero-order chi connectivity index (χ0) is 28.3. The van der Waals surface area contributed by atoms with Crippen LogP contribution in [0.5, 0.6) is 0 Å². The predicted octanol–water partition coefficient (Wildman–Crippen LogP) is 4.30. The van der Waals surface area contributed by atoms with Crippen molar-refractivity contribution in [3.05, 3.63) is 64.6 Å². The maximum atomic E-state index is 12.7. The Morgan fingerprint density at radius 2 is 1.72 bits per heavy atom. The second-order valence-corrected chi connectivity index (χ2v) is 11.1. The molecule has 10 nitrogen and oxygen atoms in total. The van der Waals surface area contributed by atoms with E-state index in [9.17, 15) is 14.4 Å². The molecule has 3 aromatic rings. The van der Waals surface area contributed by atoms with Gasteiger partial charge in [0.25, 0.3) is 5.91 Å². The molecule has 1 unspecified atom stereocenters. The van der Waals surface area contributed by atoms with Gasteiger partial charge in [0.2, 0.25) is 5.91 Å². The summed E-state index contributed by atoms with van der Waals surface area (Å²) in [6.45, 7) is 12.4. The Hall–Kier alpha value is -3.95. The quantitative estimate of drug-likeness (QED) is 0.472. The SMILES string of the molecule is CCC(c1ccc(C(=O)NNC(=O)C2CCN(C(=O)OC(C)(C)C)CC2)cc1)c1c(C)nn2ccc(C)nc12. The number of ether oxygens (including phenoxy) is 1. The number of carbonyl (C=O) groups is 3. The highest BCUT2D eigenvalue weighted by atomic mass is 16.6. The van der Waals surface area contributed by atoms with Gasteiger partial charge in [0.15, 0.2) is 5.65 Å². The summed E-state index contributed by atoms with van der Waals surface area (Å²) in [5.41, 5.74) is 9.81. The van der Waals surface area contributed by atoms with Crippen LogP contribution >= 0.6 is 0 Å². The second kappa shape index (κ2) is 11.4. The van der Waals surface area contributed by atoms with Crippen LogP contribution in [0.3, 0.4) is 0 Å². The van der Waals surface area contributed by atoms with Crippen molar-refractivity contribution in [2.24, 2.45) is 5.92 Å². The summed E-state index contributed by atoms with van der Waals surface area (Å²) in [7, 11) is 0. The minimum Gasteiger partial charge on any atom is -0.444 e. The van der Waals surface area contributed by atoms with Crippen molar-refractivity contribution in [1.82, 2.24) is 30.3 Å². The van der Waals surface area contributed by atoms with E-state index in [2.05, 4.69) is 22.9 Å². The molecule has 0 bridgehead atoms. The van der Waals surface area contributed by atoms with Crippen LogP contribution < -0.4 is 10.9 Å². The van der Waals surface area contributed by atoms with E-state index in [0.29, 0.717) is 31.5 Å². The number of hydrogen-bond donors (Lipinski definition) is 2. The topological polar surface area (TPSA) is 118 Å². The number of nitrogens with one attached hydrogen (secondary N) is 2. The highest BCUT2D eigenvalue weighted by Gasteiger charge is 2.30. The number of nitrogens with zero attached hydrogens (tertiary/aromatic N) is 4. The molecule has 0 saturated carbocycles. The third-order valence-electron chi connectivity index (χ3n) is 6.99.